The van der Waals surface area contributed by atoms with Gasteiger partial charge in [-0.2, -0.15) is 0 Å². The van der Waals surface area contributed by atoms with Crippen molar-refractivity contribution in [1.29, 1.82) is 0 Å². The molecule has 1 aliphatic rings. The molecule has 2 nitrogen and oxygen atoms in total. The van der Waals surface area contributed by atoms with Crippen LogP contribution in [0.1, 0.15) is 27.7 Å². The van der Waals surface area contributed by atoms with Crippen LogP contribution in [-0.4, -0.2) is 18.5 Å². The summed E-state index contributed by atoms with van der Waals surface area (Å²) in [6.45, 7) is 12.9. The lowest BCUT2D eigenvalue weighted by Crippen LogP contribution is -2.42. The Hall–Kier alpha value is -0.340. The van der Waals surface area contributed by atoms with Crippen LogP contribution in [0.15, 0.2) is 12.7 Å². The molecule has 1 atom stereocenters. The van der Waals surface area contributed by atoms with Crippen LogP contribution in [0.3, 0.4) is 0 Å². The summed E-state index contributed by atoms with van der Waals surface area (Å²) in [4.78, 5) is 0. The molecule has 0 bridgehead atoms. The molecule has 1 fully saturated rings. The molecule has 0 aromatic rings. The van der Waals surface area contributed by atoms with Crippen LogP contribution < -0.4 is 0 Å². The first kappa shape index (κ1) is 10.7. The van der Waals surface area contributed by atoms with Crippen LogP contribution in [0.4, 0.5) is 0 Å². The fourth-order valence-corrected chi connectivity index (χ4v) is 1.91. The predicted molar refractivity (Wildman–Crippen MR) is 53.4 cm³/mol. The smallest absolute Gasteiger partial charge is 0.173 e. The third-order valence-electron chi connectivity index (χ3n) is 2.68. The molecule has 0 spiro atoms. The maximum atomic E-state index is 5.88. The van der Waals surface area contributed by atoms with Crippen molar-refractivity contribution in [2.45, 2.75) is 39.6 Å². The Morgan fingerprint density at radius 1 is 1.31 bits per heavy atom. The summed E-state index contributed by atoms with van der Waals surface area (Å²) in [6, 6.07) is 0. The molecule has 0 N–H and O–H groups in total. The third kappa shape index (κ3) is 1.79. The quantitative estimate of drug-likeness (QED) is 0.628. The molecule has 1 unspecified atom stereocenters. The average molecular weight is 184 g/mol. The summed E-state index contributed by atoms with van der Waals surface area (Å²) in [5.74, 6) is 0.341. The minimum Gasteiger partial charge on any atom is -0.346 e. The zero-order valence-corrected chi connectivity index (χ0v) is 9.04. The standard InChI is InChI=1S/C11H20O2/c1-6-10-7-12-11(13-10,8(2)3)9(4)5/h6,8-10H,1,7H2,2-5H3. The molecular formula is C11H20O2. The summed E-state index contributed by atoms with van der Waals surface area (Å²) in [7, 11) is 0. The van der Waals surface area contributed by atoms with Gasteiger partial charge in [0.2, 0.25) is 0 Å². The number of hydrogen-bond donors (Lipinski definition) is 0. The average Bonchev–Trinajstić information content (AvgIpc) is 2.48. The molecular weight excluding hydrogens is 164 g/mol. The Morgan fingerprint density at radius 3 is 2.08 bits per heavy atom. The van der Waals surface area contributed by atoms with Gasteiger partial charge in [0, 0.05) is 11.8 Å². The molecule has 0 aromatic carbocycles. The zero-order chi connectivity index (χ0) is 10.1. The van der Waals surface area contributed by atoms with E-state index in [0.717, 1.165) is 0 Å². The van der Waals surface area contributed by atoms with Crippen LogP contribution in [0.5, 0.6) is 0 Å². The van der Waals surface area contributed by atoms with Gasteiger partial charge in [0.25, 0.3) is 0 Å². The number of hydrogen-bond acceptors (Lipinski definition) is 2. The predicted octanol–water partition coefficient (Wildman–Crippen LogP) is 2.60. The molecule has 1 heterocycles. The Balaban J connectivity index is 2.77. The lowest BCUT2D eigenvalue weighted by molar-refractivity contribution is -0.222. The number of rotatable bonds is 3. The fourth-order valence-electron chi connectivity index (χ4n) is 1.91. The summed E-state index contributed by atoms with van der Waals surface area (Å²) < 4.78 is 11.7. The van der Waals surface area contributed by atoms with Crippen LogP contribution in [-0.2, 0) is 9.47 Å². The second-order valence-corrected chi connectivity index (χ2v) is 4.23. The molecule has 76 valence electrons. The Kier molecular flexibility index (Phi) is 3.14. The monoisotopic (exact) mass is 184 g/mol. The van der Waals surface area contributed by atoms with Crippen molar-refractivity contribution < 1.29 is 9.47 Å². The van der Waals surface area contributed by atoms with E-state index in [9.17, 15) is 0 Å². The van der Waals surface area contributed by atoms with Crippen molar-refractivity contribution in [3.63, 3.8) is 0 Å². The van der Waals surface area contributed by atoms with E-state index in [0.29, 0.717) is 18.4 Å². The highest BCUT2D eigenvalue weighted by molar-refractivity contribution is 4.91. The van der Waals surface area contributed by atoms with Crippen molar-refractivity contribution in [2.75, 3.05) is 6.61 Å². The van der Waals surface area contributed by atoms with Crippen molar-refractivity contribution >= 4 is 0 Å². The minimum atomic E-state index is -0.404. The molecule has 0 amide bonds. The molecule has 2 heteroatoms. The van der Waals surface area contributed by atoms with Gasteiger partial charge < -0.3 is 9.47 Å². The molecule has 1 aliphatic heterocycles. The summed E-state index contributed by atoms with van der Waals surface area (Å²) in [6.07, 6.45) is 1.87. The minimum absolute atomic E-state index is 0.0600. The van der Waals surface area contributed by atoms with E-state index >= 15 is 0 Å². The van der Waals surface area contributed by atoms with Crippen molar-refractivity contribution in [1.82, 2.24) is 0 Å². The van der Waals surface area contributed by atoms with Crippen molar-refractivity contribution in [3.05, 3.63) is 12.7 Å². The first-order valence-electron chi connectivity index (χ1n) is 4.97. The lowest BCUT2D eigenvalue weighted by Gasteiger charge is -2.35. The van der Waals surface area contributed by atoms with Crippen LogP contribution in [0.25, 0.3) is 0 Å². The zero-order valence-electron chi connectivity index (χ0n) is 9.04. The van der Waals surface area contributed by atoms with Gasteiger partial charge in [-0.25, -0.2) is 0 Å². The Labute approximate surface area is 80.9 Å². The van der Waals surface area contributed by atoms with Gasteiger partial charge in [-0.15, -0.1) is 6.58 Å². The second kappa shape index (κ2) is 3.81. The third-order valence-corrected chi connectivity index (χ3v) is 2.68. The summed E-state index contributed by atoms with van der Waals surface area (Å²) in [5, 5.41) is 0. The van der Waals surface area contributed by atoms with E-state index in [1.165, 1.54) is 0 Å². The number of ether oxygens (including phenoxy) is 2. The molecule has 0 aromatic heterocycles. The fraction of sp³-hybridized carbons (Fsp3) is 0.818. The first-order valence-corrected chi connectivity index (χ1v) is 4.97. The summed E-state index contributed by atoms with van der Waals surface area (Å²) in [5.41, 5.74) is 0. The van der Waals surface area contributed by atoms with Gasteiger partial charge in [-0.1, -0.05) is 33.8 Å². The molecule has 13 heavy (non-hydrogen) atoms. The van der Waals surface area contributed by atoms with E-state index in [1.807, 2.05) is 6.08 Å². The molecule has 0 aliphatic carbocycles. The first-order chi connectivity index (χ1) is 6.03. The van der Waals surface area contributed by atoms with Gasteiger partial charge in [0.1, 0.15) is 6.10 Å². The Morgan fingerprint density at radius 2 is 1.85 bits per heavy atom. The molecule has 0 radical (unpaired) electrons. The highest BCUT2D eigenvalue weighted by Crippen LogP contribution is 2.37. The maximum absolute atomic E-state index is 5.88. The summed E-state index contributed by atoms with van der Waals surface area (Å²) >= 11 is 0. The Bertz CT molecular complexity index is 177. The van der Waals surface area contributed by atoms with Crippen molar-refractivity contribution in [3.8, 4) is 0 Å². The van der Waals surface area contributed by atoms with E-state index in [2.05, 4.69) is 34.3 Å². The lowest BCUT2D eigenvalue weighted by atomic mass is 9.91. The van der Waals surface area contributed by atoms with Gasteiger partial charge in [0.15, 0.2) is 5.79 Å². The van der Waals surface area contributed by atoms with E-state index in [4.69, 9.17) is 9.47 Å². The highest BCUT2D eigenvalue weighted by atomic mass is 16.7. The van der Waals surface area contributed by atoms with Crippen LogP contribution in [0, 0.1) is 11.8 Å². The normalized spacial score (nSPS) is 27.1. The van der Waals surface area contributed by atoms with Crippen molar-refractivity contribution in [2.24, 2.45) is 11.8 Å². The molecule has 0 saturated carbocycles. The maximum Gasteiger partial charge on any atom is 0.173 e. The van der Waals surface area contributed by atoms with E-state index in [-0.39, 0.29) is 6.10 Å². The second-order valence-electron chi connectivity index (χ2n) is 4.23. The topological polar surface area (TPSA) is 18.5 Å². The van der Waals surface area contributed by atoms with Crippen LogP contribution in [0.2, 0.25) is 0 Å². The van der Waals surface area contributed by atoms with Gasteiger partial charge in [0.05, 0.1) is 6.61 Å². The highest BCUT2D eigenvalue weighted by Gasteiger charge is 2.45. The SMILES string of the molecule is C=CC1COC(C(C)C)(C(C)C)O1. The van der Waals surface area contributed by atoms with Gasteiger partial charge >= 0.3 is 0 Å². The van der Waals surface area contributed by atoms with E-state index in [1.54, 1.807) is 0 Å². The van der Waals surface area contributed by atoms with E-state index < -0.39 is 5.79 Å². The van der Waals surface area contributed by atoms with Gasteiger partial charge in [-0.3, -0.25) is 0 Å². The largest absolute Gasteiger partial charge is 0.346 e. The van der Waals surface area contributed by atoms with Gasteiger partial charge in [-0.05, 0) is 0 Å². The molecule has 1 rings (SSSR count). The van der Waals surface area contributed by atoms with Crippen LogP contribution >= 0.6 is 0 Å². The molecule has 1 saturated heterocycles.